The van der Waals surface area contributed by atoms with Crippen LogP contribution in [0.2, 0.25) is 0 Å². The minimum atomic E-state index is -0.326. The topological polar surface area (TPSA) is 43.8 Å². The standard InChI is InChI=1S/C17H28N2O2S/c1-17(2,3)15(20)12-18-7-9-19(10-8-18)16(21)5-4-14-6-11-22-13-14/h6,11,13,15,20H,4-5,7-10,12H2,1-3H3/t15-/m1/s1. The van der Waals surface area contributed by atoms with Gasteiger partial charge in [0.1, 0.15) is 0 Å². The lowest BCUT2D eigenvalue weighted by molar-refractivity contribution is -0.133. The van der Waals surface area contributed by atoms with Crippen molar-refractivity contribution in [3.05, 3.63) is 22.4 Å². The lowest BCUT2D eigenvalue weighted by atomic mass is 9.89. The first kappa shape index (κ1) is 17.4. The largest absolute Gasteiger partial charge is 0.391 e. The molecular weight excluding hydrogens is 296 g/mol. The summed E-state index contributed by atoms with van der Waals surface area (Å²) in [6, 6.07) is 2.09. The van der Waals surface area contributed by atoms with Crippen molar-refractivity contribution < 1.29 is 9.90 Å². The highest BCUT2D eigenvalue weighted by molar-refractivity contribution is 7.07. The van der Waals surface area contributed by atoms with E-state index in [-0.39, 0.29) is 17.4 Å². The summed E-state index contributed by atoms with van der Waals surface area (Å²) in [6.45, 7) is 10.1. The van der Waals surface area contributed by atoms with E-state index in [9.17, 15) is 9.90 Å². The third-order valence-electron chi connectivity index (χ3n) is 4.36. The van der Waals surface area contributed by atoms with E-state index in [2.05, 4.69) is 42.5 Å². The fourth-order valence-corrected chi connectivity index (χ4v) is 3.25. The number of aryl methyl sites for hydroxylation is 1. The van der Waals surface area contributed by atoms with Gasteiger partial charge in [-0.05, 0) is 34.2 Å². The van der Waals surface area contributed by atoms with Crippen LogP contribution in [0.3, 0.4) is 0 Å². The van der Waals surface area contributed by atoms with Gasteiger partial charge >= 0.3 is 0 Å². The van der Waals surface area contributed by atoms with Gasteiger partial charge in [0.2, 0.25) is 5.91 Å². The Labute approximate surface area is 137 Å². The molecule has 4 nitrogen and oxygen atoms in total. The number of carbonyl (C=O) groups excluding carboxylic acids is 1. The average molecular weight is 324 g/mol. The maximum absolute atomic E-state index is 12.2. The van der Waals surface area contributed by atoms with Crippen LogP contribution in [0.15, 0.2) is 16.8 Å². The summed E-state index contributed by atoms with van der Waals surface area (Å²) in [5.41, 5.74) is 1.17. The molecule has 1 aromatic rings. The van der Waals surface area contributed by atoms with Crippen LogP contribution in [0.4, 0.5) is 0 Å². The zero-order chi connectivity index (χ0) is 16.2. The van der Waals surface area contributed by atoms with Crippen molar-refractivity contribution in [2.24, 2.45) is 5.41 Å². The van der Waals surface area contributed by atoms with Gasteiger partial charge in [-0.15, -0.1) is 0 Å². The first-order valence-electron chi connectivity index (χ1n) is 8.05. The van der Waals surface area contributed by atoms with Gasteiger partial charge in [-0.2, -0.15) is 11.3 Å². The number of hydrogen-bond acceptors (Lipinski definition) is 4. The van der Waals surface area contributed by atoms with Gasteiger partial charge < -0.3 is 10.0 Å². The zero-order valence-electron chi connectivity index (χ0n) is 13.9. The normalized spacial score (nSPS) is 18.5. The number of thiophene rings is 1. The third kappa shape index (κ3) is 5.07. The molecule has 1 N–H and O–H groups in total. The van der Waals surface area contributed by atoms with Gasteiger partial charge in [0.25, 0.3) is 0 Å². The minimum absolute atomic E-state index is 0.0898. The van der Waals surface area contributed by atoms with E-state index >= 15 is 0 Å². The van der Waals surface area contributed by atoms with E-state index in [0.29, 0.717) is 13.0 Å². The number of hydrogen-bond donors (Lipinski definition) is 1. The number of nitrogens with zero attached hydrogens (tertiary/aromatic N) is 2. The molecule has 0 bridgehead atoms. The number of piperazine rings is 1. The second kappa shape index (κ2) is 7.57. The zero-order valence-corrected chi connectivity index (χ0v) is 14.7. The van der Waals surface area contributed by atoms with Gasteiger partial charge in [-0.3, -0.25) is 9.69 Å². The van der Waals surface area contributed by atoms with Gasteiger partial charge in [0.05, 0.1) is 6.10 Å². The molecule has 1 aliphatic heterocycles. The third-order valence-corrected chi connectivity index (χ3v) is 5.10. The average Bonchev–Trinajstić information content (AvgIpc) is 2.98. The van der Waals surface area contributed by atoms with Crippen LogP contribution in [0.25, 0.3) is 0 Å². The molecule has 1 amide bonds. The van der Waals surface area contributed by atoms with Crippen LogP contribution in [-0.2, 0) is 11.2 Å². The summed E-state index contributed by atoms with van der Waals surface area (Å²) in [5.74, 6) is 0.252. The Hall–Kier alpha value is -0.910. The predicted octanol–water partition coefficient (Wildman–Crippen LogP) is 2.23. The first-order chi connectivity index (χ1) is 10.4. The molecule has 0 saturated carbocycles. The Morgan fingerprint density at radius 2 is 2.00 bits per heavy atom. The summed E-state index contributed by atoms with van der Waals surface area (Å²) in [4.78, 5) is 16.5. The second-order valence-corrected chi connectivity index (χ2v) is 7.97. The highest BCUT2D eigenvalue weighted by atomic mass is 32.1. The van der Waals surface area contributed by atoms with Crippen LogP contribution >= 0.6 is 11.3 Å². The first-order valence-corrected chi connectivity index (χ1v) is 9.00. The van der Waals surface area contributed by atoms with Gasteiger partial charge in [0, 0.05) is 39.1 Å². The Bertz CT molecular complexity index is 460. The Balaban J connectivity index is 1.71. The molecule has 1 fully saturated rings. The van der Waals surface area contributed by atoms with Gasteiger partial charge in [-0.1, -0.05) is 20.8 Å². The lowest BCUT2D eigenvalue weighted by Gasteiger charge is -2.38. The molecule has 1 atom stereocenters. The molecular formula is C17H28N2O2S. The fraction of sp³-hybridized carbons (Fsp3) is 0.706. The van der Waals surface area contributed by atoms with Crippen LogP contribution in [0.5, 0.6) is 0 Å². The van der Waals surface area contributed by atoms with Crippen molar-refractivity contribution in [2.45, 2.75) is 39.7 Å². The molecule has 124 valence electrons. The Kier molecular flexibility index (Phi) is 6.01. The minimum Gasteiger partial charge on any atom is -0.391 e. The highest BCUT2D eigenvalue weighted by Gasteiger charge is 2.27. The van der Waals surface area contributed by atoms with Gasteiger partial charge in [-0.25, -0.2) is 0 Å². The van der Waals surface area contributed by atoms with Crippen molar-refractivity contribution >= 4 is 17.2 Å². The van der Waals surface area contributed by atoms with Crippen molar-refractivity contribution in [3.8, 4) is 0 Å². The Morgan fingerprint density at radius 1 is 1.32 bits per heavy atom. The van der Waals surface area contributed by atoms with Crippen LogP contribution in [0.1, 0.15) is 32.8 Å². The smallest absolute Gasteiger partial charge is 0.222 e. The Morgan fingerprint density at radius 3 is 2.55 bits per heavy atom. The van der Waals surface area contributed by atoms with Crippen molar-refractivity contribution in [2.75, 3.05) is 32.7 Å². The van der Waals surface area contributed by atoms with Crippen molar-refractivity contribution in [3.63, 3.8) is 0 Å². The van der Waals surface area contributed by atoms with Crippen molar-refractivity contribution in [1.82, 2.24) is 9.80 Å². The summed E-state index contributed by atoms with van der Waals surface area (Å²) in [7, 11) is 0. The maximum atomic E-state index is 12.2. The molecule has 0 aromatic carbocycles. The summed E-state index contributed by atoms with van der Waals surface area (Å²) < 4.78 is 0. The number of rotatable bonds is 5. The van der Waals surface area contributed by atoms with E-state index in [1.165, 1.54) is 5.56 Å². The molecule has 2 rings (SSSR count). The monoisotopic (exact) mass is 324 g/mol. The van der Waals surface area contributed by atoms with Crippen LogP contribution in [-0.4, -0.2) is 59.6 Å². The van der Waals surface area contributed by atoms with Crippen LogP contribution < -0.4 is 0 Å². The van der Waals surface area contributed by atoms with E-state index in [4.69, 9.17) is 0 Å². The van der Waals surface area contributed by atoms with Gasteiger partial charge in [0.15, 0.2) is 0 Å². The highest BCUT2D eigenvalue weighted by Crippen LogP contribution is 2.20. The predicted molar refractivity (Wildman–Crippen MR) is 91.1 cm³/mol. The molecule has 5 heteroatoms. The molecule has 1 aromatic heterocycles. The quantitative estimate of drug-likeness (QED) is 0.903. The van der Waals surface area contributed by atoms with E-state index < -0.39 is 0 Å². The molecule has 1 aliphatic rings. The summed E-state index contributed by atoms with van der Waals surface area (Å²) in [6.07, 6.45) is 1.11. The van der Waals surface area contributed by atoms with Crippen LogP contribution in [0, 0.1) is 5.41 Å². The number of aliphatic hydroxyl groups excluding tert-OH is 1. The molecule has 1 saturated heterocycles. The number of aliphatic hydroxyl groups is 1. The second-order valence-electron chi connectivity index (χ2n) is 7.19. The summed E-state index contributed by atoms with van der Waals surface area (Å²) in [5, 5.41) is 14.3. The van der Waals surface area contributed by atoms with E-state index in [0.717, 1.165) is 32.6 Å². The number of β-amino-alcohol motifs (C(OH)–C–C–N with tert-alkyl or cyclic N) is 1. The lowest BCUT2D eigenvalue weighted by Crippen LogP contribution is -2.51. The molecule has 2 heterocycles. The number of carbonyl (C=O) groups is 1. The molecule has 0 aliphatic carbocycles. The molecule has 0 radical (unpaired) electrons. The molecule has 22 heavy (non-hydrogen) atoms. The van der Waals surface area contributed by atoms with E-state index in [1.54, 1.807) is 11.3 Å². The van der Waals surface area contributed by atoms with E-state index in [1.807, 2.05) is 4.90 Å². The fourth-order valence-electron chi connectivity index (χ4n) is 2.54. The molecule has 0 unspecified atom stereocenters. The molecule has 0 spiro atoms. The summed E-state index contributed by atoms with van der Waals surface area (Å²) >= 11 is 1.68. The number of amides is 1. The SMILES string of the molecule is CC(C)(C)[C@H](O)CN1CCN(C(=O)CCc2ccsc2)CC1. The van der Waals surface area contributed by atoms with Crippen molar-refractivity contribution in [1.29, 1.82) is 0 Å². The maximum Gasteiger partial charge on any atom is 0.222 e.